The van der Waals surface area contributed by atoms with E-state index >= 15 is 0 Å². The van der Waals surface area contributed by atoms with Gasteiger partial charge in [-0.2, -0.15) is 0 Å². The van der Waals surface area contributed by atoms with Crippen LogP contribution in [0.25, 0.3) is 0 Å². The second-order valence-corrected chi connectivity index (χ2v) is 5.26. The Hall–Kier alpha value is -0.610. The van der Waals surface area contributed by atoms with E-state index in [9.17, 15) is 9.90 Å². The Bertz CT molecular complexity index is 251. The quantitative estimate of drug-likeness (QED) is 0.723. The number of carboxylic acids is 1. The van der Waals surface area contributed by atoms with E-state index in [2.05, 4.69) is 6.92 Å². The first-order valence-corrected chi connectivity index (χ1v) is 5.93. The molecule has 2 N–H and O–H groups in total. The molecule has 0 amide bonds. The molecule has 0 bridgehead atoms. The van der Waals surface area contributed by atoms with Crippen LogP contribution in [0.1, 0.15) is 40.0 Å². The number of rotatable bonds is 4. The molecule has 4 heteroatoms. The normalized spacial score (nSPS) is 35.3. The number of ether oxygens (including phenoxy) is 1. The third kappa shape index (κ3) is 3.19. The van der Waals surface area contributed by atoms with Gasteiger partial charge in [0, 0.05) is 12.3 Å². The van der Waals surface area contributed by atoms with Crippen molar-refractivity contribution in [2.45, 2.75) is 45.8 Å². The van der Waals surface area contributed by atoms with E-state index in [1.54, 1.807) is 0 Å². The number of aliphatic hydroxyl groups is 1. The van der Waals surface area contributed by atoms with E-state index < -0.39 is 18.4 Å². The topological polar surface area (TPSA) is 66.8 Å². The molecule has 0 heterocycles. The van der Waals surface area contributed by atoms with Crippen molar-refractivity contribution >= 4 is 5.97 Å². The molecule has 0 saturated heterocycles. The van der Waals surface area contributed by atoms with Gasteiger partial charge in [-0.05, 0) is 18.3 Å². The molecule has 1 rings (SSSR count). The van der Waals surface area contributed by atoms with Gasteiger partial charge in [0.2, 0.25) is 0 Å². The molecule has 1 fully saturated rings. The Morgan fingerprint density at radius 3 is 2.62 bits per heavy atom. The van der Waals surface area contributed by atoms with E-state index in [1.807, 2.05) is 13.8 Å². The first-order chi connectivity index (χ1) is 7.35. The molecule has 1 saturated carbocycles. The molecule has 0 aromatic carbocycles. The van der Waals surface area contributed by atoms with Crippen LogP contribution in [0.15, 0.2) is 0 Å². The predicted octanol–water partition coefficient (Wildman–Crippen LogP) is 1.87. The zero-order valence-electron chi connectivity index (χ0n) is 10.3. The first-order valence-electron chi connectivity index (χ1n) is 5.93. The van der Waals surface area contributed by atoms with Crippen LogP contribution >= 0.6 is 0 Å². The van der Waals surface area contributed by atoms with Crippen LogP contribution in [0.5, 0.6) is 0 Å². The maximum atomic E-state index is 10.5. The number of aliphatic carboxylic acids is 1. The van der Waals surface area contributed by atoms with Crippen LogP contribution in [0.2, 0.25) is 0 Å². The third-order valence-electron chi connectivity index (χ3n) is 3.44. The minimum absolute atomic E-state index is 0.0306. The summed E-state index contributed by atoms with van der Waals surface area (Å²) in [6.45, 7) is 5.71. The fourth-order valence-corrected chi connectivity index (χ4v) is 2.65. The van der Waals surface area contributed by atoms with Crippen molar-refractivity contribution in [3.05, 3.63) is 0 Å². The zero-order valence-corrected chi connectivity index (χ0v) is 10.3. The maximum Gasteiger partial charge on any atom is 0.329 e. The Kier molecular flexibility index (Phi) is 4.33. The molecule has 3 unspecified atom stereocenters. The molecule has 3 atom stereocenters. The highest BCUT2D eigenvalue weighted by molar-refractivity contribution is 5.68. The summed E-state index contributed by atoms with van der Waals surface area (Å²) in [5.74, 6) is -1.58. The third-order valence-corrected chi connectivity index (χ3v) is 3.44. The Morgan fingerprint density at radius 2 is 2.12 bits per heavy atom. The lowest BCUT2D eigenvalue weighted by molar-refractivity contribution is -0.266. The highest BCUT2D eigenvalue weighted by atomic mass is 16.6. The van der Waals surface area contributed by atoms with Gasteiger partial charge in [0.15, 0.2) is 5.79 Å². The predicted molar refractivity (Wildman–Crippen MR) is 59.9 cm³/mol. The van der Waals surface area contributed by atoms with Gasteiger partial charge in [0.25, 0.3) is 0 Å². The van der Waals surface area contributed by atoms with Crippen LogP contribution in [-0.2, 0) is 9.53 Å². The standard InChI is InChI=1S/C12H22O4/c1-8(2)10-5-4-9(3)6-12(10,15)16-7-11(13)14/h8-10,15H,4-7H2,1-3H3,(H,13,14). The van der Waals surface area contributed by atoms with Gasteiger partial charge >= 0.3 is 5.97 Å². The Morgan fingerprint density at radius 1 is 1.50 bits per heavy atom. The molecular weight excluding hydrogens is 208 g/mol. The molecule has 0 aromatic rings. The largest absolute Gasteiger partial charge is 0.480 e. The van der Waals surface area contributed by atoms with Crippen molar-refractivity contribution in [2.24, 2.45) is 17.8 Å². The van der Waals surface area contributed by atoms with Gasteiger partial charge < -0.3 is 14.9 Å². The van der Waals surface area contributed by atoms with Crippen molar-refractivity contribution in [1.29, 1.82) is 0 Å². The molecule has 0 aromatic heterocycles. The Balaban J connectivity index is 2.71. The van der Waals surface area contributed by atoms with Crippen molar-refractivity contribution in [3.8, 4) is 0 Å². The molecule has 4 nitrogen and oxygen atoms in total. The van der Waals surface area contributed by atoms with Crippen molar-refractivity contribution in [3.63, 3.8) is 0 Å². The first kappa shape index (κ1) is 13.5. The van der Waals surface area contributed by atoms with Gasteiger partial charge in [-0.1, -0.05) is 27.2 Å². The van der Waals surface area contributed by atoms with Crippen molar-refractivity contribution < 1.29 is 19.7 Å². The summed E-state index contributed by atoms with van der Waals surface area (Å²) in [5, 5.41) is 19.0. The molecule has 1 aliphatic rings. The second kappa shape index (κ2) is 5.15. The van der Waals surface area contributed by atoms with E-state index in [4.69, 9.17) is 9.84 Å². The molecule has 0 aliphatic heterocycles. The van der Waals surface area contributed by atoms with Crippen LogP contribution in [-0.4, -0.2) is 28.6 Å². The fourth-order valence-electron chi connectivity index (χ4n) is 2.65. The highest BCUT2D eigenvalue weighted by Gasteiger charge is 2.44. The molecule has 0 radical (unpaired) electrons. The molecule has 16 heavy (non-hydrogen) atoms. The van der Waals surface area contributed by atoms with Crippen LogP contribution < -0.4 is 0 Å². The lowest BCUT2D eigenvalue weighted by Gasteiger charge is -2.43. The van der Waals surface area contributed by atoms with E-state index in [0.29, 0.717) is 18.3 Å². The summed E-state index contributed by atoms with van der Waals surface area (Å²) >= 11 is 0. The van der Waals surface area contributed by atoms with E-state index in [0.717, 1.165) is 12.8 Å². The van der Waals surface area contributed by atoms with Gasteiger partial charge in [-0.3, -0.25) is 0 Å². The second-order valence-electron chi connectivity index (χ2n) is 5.26. The minimum Gasteiger partial charge on any atom is -0.480 e. The smallest absolute Gasteiger partial charge is 0.329 e. The van der Waals surface area contributed by atoms with Gasteiger partial charge in [-0.25, -0.2) is 4.79 Å². The summed E-state index contributed by atoms with van der Waals surface area (Å²) < 4.78 is 5.23. The monoisotopic (exact) mass is 230 g/mol. The summed E-state index contributed by atoms with van der Waals surface area (Å²) in [6.07, 6.45) is 2.50. The van der Waals surface area contributed by atoms with E-state index in [-0.39, 0.29) is 5.92 Å². The highest BCUT2D eigenvalue weighted by Crippen LogP contribution is 2.41. The molecular formula is C12H22O4. The van der Waals surface area contributed by atoms with Gasteiger partial charge in [-0.15, -0.1) is 0 Å². The fraction of sp³-hybridized carbons (Fsp3) is 0.917. The summed E-state index contributed by atoms with van der Waals surface area (Å²) in [6, 6.07) is 0. The lowest BCUT2D eigenvalue weighted by atomic mass is 9.73. The summed E-state index contributed by atoms with van der Waals surface area (Å²) in [4.78, 5) is 10.5. The number of hydrogen-bond acceptors (Lipinski definition) is 3. The number of hydrogen-bond donors (Lipinski definition) is 2. The van der Waals surface area contributed by atoms with Crippen LogP contribution in [0, 0.1) is 17.8 Å². The summed E-state index contributed by atoms with van der Waals surface area (Å²) in [7, 11) is 0. The van der Waals surface area contributed by atoms with E-state index in [1.165, 1.54) is 0 Å². The maximum absolute atomic E-state index is 10.5. The van der Waals surface area contributed by atoms with Gasteiger partial charge in [0.1, 0.15) is 6.61 Å². The molecule has 0 spiro atoms. The summed E-state index contributed by atoms with van der Waals surface area (Å²) in [5.41, 5.74) is 0. The van der Waals surface area contributed by atoms with Crippen molar-refractivity contribution in [1.82, 2.24) is 0 Å². The average Bonchev–Trinajstić information content (AvgIpc) is 2.14. The molecule has 94 valence electrons. The average molecular weight is 230 g/mol. The molecule has 1 aliphatic carbocycles. The number of carbonyl (C=O) groups is 1. The SMILES string of the molecule is CC1CCC(C(C)C)C(O)(OCC(=O)O)C1. The number of carboxylic acid groups (broad SMARTS) is 1. The lowest BCUT2D eigenvalue weighted by Crippen LogP contribution is -2.48. The van der Waals surface area contributed by atoms with Crippen molar-refractivity contribution in [2.75, 3.05) is 6.61 Å². The van der Waals surface area contributed by atoms with Gasteiger partial charge in [0.05, 0.1) is 0 Å². The minimum atomic E-state index is -1.26. The van der Waals surface area contributed by atoms with Crippen LogP contribution in [0.3, 0.4) is 0 Å². The van der Waals surface area contributed by atoms with Crippen LogP contribution in [0.4, 0.5) is 0 Å². The zero-order chi connectivity index (χ0) is 12.3. The Labute approximate surface area is 96.6 Å².